The van der Waals surface area contributed by atoms with E-state index in [1.807, 2.05) is 23.6 Å². The van der Waals surface area contributed by atoms with Gasteiger partial charge in [-0.1, -0.05) is 109 Å². The minimum absolute atomic E-state index is 0.926. The molecule has 0 fully saturated rings. The minimum Gasteiger partial charge on any atom is -0.254 e. The number of nitrogens with zero attached hydrogens (tertiary/aromatic N) is 3. The van der Waals surface area contributed by atoms with Crippen LogP contribution in [-0.4, -0.2) is 15.0 Å². The maximum absolute atomic E-state index is 5.28. The second-order valence-corrected chi connectivity index (χ2v) is 13.1. The summed E-state index contributed by atoms with van der Waals surface area (Å²) < 4.78 is 2.63. The number of para-hydroxylation sites is 1. The van der Waals surface area contributed by atoms with Crippen LogP contribution < -0.4 is 0 Å². The van der Waals surface area contributed by atoms with Gasteiger partial charge in [0.15, 0.2) is 0 Å². The van der Waals surface area contributed by atoms with E-state index in [0.29, 0.717) is 0 Å². The first-order valence-electron chi connectivity index (χ1n) is 15.8. The van der Waals surface area contributed by atoms with E-state index in [2.05, 4.69) is 145 Å². The summed E-state index contributed by atoms with van der Waals surface area (Å²) in [6, 6.07) is 51.8. The summed E-state index contributed by atoms with van der Waals surface area (Å²) in [5.41, 5.74) is 9.26. The number of hydrogen-bond acceptors (Lipinski definition) is 4. The molecule has 0 aliphatic heterocycles. The van der Waals surface area contributed by atoms with Crippen molar-refractivity contribution in [2.24, 2.45) is 0 Å². The summed E-state index contributed by atoms with van der Waals surface area (Å²) in [5.74, 6) is 0. The standard InChI is InChI=1S/C43H25N3S/c1-3-15-37-34(14-1)39-35(21-20-33-32-13-2-4-16-38(32)47-43(33)39)40(46-37)31-11-6-9-29(25-31)28-8-5-10-30(24-28)36-22-19-27-18-17-26-12-7-23-44-41(26)42(27)45-36/h1-25H. The summed E-state index contributed by atoms with van der Waals surface area (Å²) in [7, 11) is 0. The largest absolute Gasteiger partial charge is 0.254 e. The third kappa shape index (κ3) is 4.16. The molecule has 0 spiro atoms. The fraction of sp³-hybridized carbons (Fsp3) is 0. The first-order valence-corrected chi connectivity index (χ1v) is 16.6. The Labute approximate surface area is 274 Å². The zero-order valence-electron chi connectivity index (χ0n) is 25.2. The molecule has 4 aromatic heterocycles. The molecular weight excluding hydrogens is 591 g/mol. The van der Waals surface area contributed by atoms with Gasteiger partial charge in [-0.25, -0.2) is 9.97 Å². The molecular formula is C43H25N3S. The number of hydrogen-bond donors (Lipinski definition) is 0. The minimum atomic E-state index is 0.926. The molecule has 0 aliphatic carbocycles. The van der Waals surface area contributed by atoms with Crippen molar-refractivity contribution in [2.75, 3.05) is 0 Å². The lowest BCUT2D eigenvalue weighted by atomic mass is 9.95. The van der Waals surface area contributed by atoms with Gasteiger partial charge in [0, 0.05) is 64.4 Å². The van der Waals surface area contributed by atoms with Gasteiger partial charge in [0.25, 0.3) is 0 Å². The van der Waals surface area contributed by atoms with E-state index in [-0.39, 0.29) is 0 Å². The van der Waals surface area contributed by atoms with Crippen molar-refractivity contribution >= 4 is 75.0 Å². The van der Waals surface area contributed by atoms with Gasteiger partial charge in [0.05, 0.1) is 27.9 Å². The van der Waals surface area contributed by atoms with Crippen LogP contribution in [0, 0.1) is 0 Å². The van der Waals surface area contributed by atoms with Crippen molar-refractivity contribution in [3.63, 3.8) is 0 Å². The van der Waals surface area contributed by atoms with Gasteiger partial charge >= 0.3 is 0 Å². The average molecular weight is 616 g/mol. The van der Waals surface area contributed by atoms with Gasteiger partial charge in [-0.05, 0) is 47.5 Å². The third-order valence-corrected chi connectivity index (χ3v) is 10.5. The molecule has 4 heterocycles. The number of pyridine rings is 3. The monoisotopic (exact) mass is 615 g/mol. The van der Waals surface area contributed by atoms with E-state index >= 15 is 0 Å². The highest BCUT2D eigenvalue weighted by Gasteiger charge is 2.16. The lowest BCUT2D eigenvalue weighted by Gasteiger charge is -2.13. The van der Waals surface area contributed by atoms with Gasteiger partial charge in [0.1, 0.15) is 0 Å². The van der Waals surface area contributed by atoms with Crippen LogP contribution in [-0.2, 0) is 0 Å². The molecule has 0 atom stereocenters. The van der Waals surface area contributed by atoms with Crippen LogP contribution in [0.25, 0.3) is 97.3 Å². The maximum atomic E-state index is 5.28. The molecule has 0 radical (unpaired) electrons. The van der Waals surface area contributed by atoms with Crippen LogP contribution in [0.3, 0.4) is 0 Å². The Morgan fingerprint density at radius 2 is 1.15 bits per heavy atom. The van der Waals surface area contributed by atoms with Crippen LogP contribution in [0.5, 0.6) is 0 Å². The van der Waals surface area contributed by atoms with E-state index in [1.54, 1.807) is 0 Å². The lowest BCUT2D eigenvalue weighted by Crippen LogP contribution is -1.91. The number of fused-ring (bicyclic) bond motifs is 10. The summed E-state index contributed by atoms with van der Waals surface area (Å²) in [6.45, 7) is 0. The van der Waals surface area contributed by atoms with Crippen molar-refractivity contribution < 1.29 is 0 Å². The van der Waals surface area contributed by atoms with Crippen molar-refractivity contribution in [1.29, 1.82) is 0 Å². The Balaban J connectivity index is 1.13. The SMILES string of the molecule is c1cc(-c2cccc(-c3nc4ccccc4c4c3ccc3c5ccccc5sc34)c2)cc(-c2ccc3ccc4cccnc4c3n2)c1. The molecule has 10 rings (SSSR count). The molecule has 0 saturated heterocycles. The predicted octanol–water partition coefficient (Wildman–Crippen LogP) is 11.9. The Bertz CT molecular complexity index is 2870. The molecule has 10 aromatic rings. The normalized spacial score (nSPS) is 11.8. The number of rotatable bonds is 3. The van der Waals surface area contributed by atoms with E-state index < -0.39 is 0 Å². The summed E-state index contributed by atoms with van der Waals surface area (Å²) in [4.78, 5) is 15.0. The van der Waals surface area contributed by atoms with Crippen molar-refractivity contribution in [3.8, 4) is 33.6 Å². The summed E-state index contributed by atoms with van der Waals surface area (Å²) in [5, 5.41) is 8.44. The second-order valence-electron chi connectivity index (χ2n) is 12.0. The van der Waals surface area contributed by atoms with Crippen LogP contribution in [0.1, 0.15) is 0 Å². The van der Waals surface area contributed by atoms with Crippen molar-refractivity contribution in [1.82, 2.24) is 15.0 Å². The van der Waals surface area contributed by atoms with E-state index in [1.165, 1.54) is 36.3 Å². The van der Waals surface area contributed by atoms with E-state index in [0.717, 1.165) is 61.0 Å². The van der Waals surface area contributed by atoms with E-state index in [9.17, 15) is 0 Å². The number of aromatic nitrogens is 3. The topological polar surface area (TPSA) is 38.7 Å². The molecule has 0 aliphatic rings. The zero-order valence-corrected chi connectivity index (χ0v) is 26.0. The maximum Gasteiger partial charge on any atom is 0.0972 e. The predicted molar refractivity (Wildman–Crippen MR) is 199 cm³/mol. The highest BCUT2D eigenvalue weighted by atomic mass is 32.1. The molecule has 0 unspecified atom stereocenters. The molecule has 47 heavy (non-hydrogen) atoms. The number of thiophene rings is 1. The fourth-order valence-electron chi connectivity index (χ4n) is 7.03. The summed E-state index contributed by atoms with van der Waals surface area (Å²) >= 11 is 1.87. The Morgan fingerprint density at radius 3 is 2.04 bits per heavy atom. The molecule has 218 valence electrons. The lowest BCUT2D eigenvalue weighted by molar-refractivity contribution is 1.37. The molecule has 0 saturated carbocycles. The van der Waals surface area contributed by atoms with E-state index in [4.69, 9.17) is 9.97 Å². The Hall–Kier alpha value is -5.97. The smallest absolute Gasteiger partial charge is 0.0972 e. The quantitative estimate of drug-likeness (QED) is 0.186. The highest BCUT2D eigenvalue weighted by molar-refractivity contribution is 7.26. The van der Waals surface area contributed by atoms with Gasteiger partial charge in [-0.15, -0.1) is 11.3 Å². The first kappa shape index (κ1) is 26.3. The second kappa shape index (κ2) is 10.3. The number of benzene rings is 6. The van der Waals surface area contributed by atoms with Crippen molar-refractivity contribution in [3.05, 3.63) is 152 Å². The molecule has 6 aromatic carbocycles. The average Bonchev–Trinajstić information content (AvgIpc) is 3.53. The van der Waals surface area contributed by atoms with Gasteiger partial charge < -0.3 is 0 Å². The van der Waals surface area contributed by atoms with Crippen LogP contribution >= 0.6 is 11.3 Å². The third-order valence-electron chi connectivity index (χ3n) is 9.27. The Morgan fingerprint density at radius 1 is 0.447 bits per heavy atom. The fourth-order valence-corrected chi connectivity index (χ4v) is 8.29. The van der Waals surface area contributed by atoms with Gasteiger partial charge in [-0.3, -0.25) is 4.98 Å². The van der Waals surface area contributed by atoms with Gasteiger partial charge in [0.2, 0.25) is 0 Å². The molecule has 0 bridgehead atoms. The van der Waals surface area contributed by atoms with Crippen LogP contribution in [0.15, 0.2) is 152 Å². The molecule has 3 nitrogen and oxygen atoms in total. The van der Waals surface area contributed by atoms with Crippen molar-refractivity contribution in [2.45, 2.75) is 0 Å². The van der Waals surface area contributed by atoms with Crippen LogP contribution in [0.2, 0.25) is 0 Å². The first-order chi connectivity index (χ1) is 23.3. The van der Waals surface area contributed by atoms with Crippen LogP contribution in [0.4, 0.5) is 0 Å². The Kier molecular flexibility index (Phi) is 5.74. The molecule has 0 N–H and O–H groups in total. The highest BCUT2D eigenvalue weighted by Crippen LogP contribution is 2.43. The summed E-state index contributed by atoms with van der Waals surface area (Å²) in [6.07, 6.45) is 1.84. The van der Waals surface area contributed by atoms with Gasteiger partial charge in [-0.2, -0.15) is 0 Å². The zero-order chi connectivity index (χ0) is 30.9. The molecule has 4 heteroatoms. The molecule has 0 amide bonds.